The number of nitrogens with one attached hydrogen (secondary N) is 1. The standard InChI is InChI=1S/C23H47NO/c1-18(2)11-8-12-20(5)13-9-14-21(6)15-10-16-22(7)17-23(25)24-19(3)4/h17-21,23-25H,8-16H2,1-7H3/b22-17+/t20-,21-,23?/m1/s1. The first-order valence-corrected chi connectivity index (χ1v) is 10.8. The van der Waals surface area contributed by atoms with Crippen LogP contribution in [-0.2, 0) is 0 Å². The summed E-state index contributed by atoms with van der Waals surface area (Å²) in [6.45, 7) is 15.7. The minimum absolute atomic E-state index is 0.312. The maximum Gasteiger partial charge on any atom is 0.124 e. The van der Waals surface area contributed by atoms with Crippen LogP contribution in [0.2, 0.25) is 0 Å². The summed E-state index contributed by atoms with van der Waals surface area (Å²) in [5.41, 5.74) is 1.30. The van der Waals surface area contributed by atoms with Crippen molar-refractivity contribution in [2.24, 2.45) is 17.8 Å². The highest BCUT2D eigenvalue weighted by molar-refractivity contribution is 5.01. The molecule has 0 heterocycles. The number of hydrogen-bond acceptors (Lipinski definition) is 2. The highest BCUT2D eigenvalue weighted by atomic mass is 16.3. The topological polar surface area (TPSA) is 32.3 Å². The molecule has 2 heteroatoms. The second-order valence-corrected chi connectivity index (χ2v) is 9.14. The first kappa shape index (κ1) is 24.7. The van der Waals surface area contributed by atoms with Crippen LogP contribution in [-0.4, -0.2) is 17.4 Å². The molecule has 0 spiro atoms. The third-order valence-electron chi connectivity index (χ3n) is 5.09. The summed E-state index contributed by atoms with van der Waals surface area (Å²) in [7, 11) is 0. The molecular weight excluding hydrogens is 306 g/mol. The Morgan fingerprint density at radius 2 is 1.28 bits per heavy atom. The highest BCUT2D eigenvalue weighted by Crippen LogP contribution is 2.22. The Kier molecular flexibility index (Phi) is 14.6. The minimum Gasteiger partial charge on any atom is -0.375 e. The molecule has 0 aromatic heterocycles. The van der Waals surface area contributed by atoms with Gasteiger partial charge in [-0.3, -0.25) is 5.32 Å². The van der Waals surface area contributed by atoms with Gasteiger partial charge in [0.25, 0.3) is 0 Å². The van der Waals surface area contributed by atoms with Crippen molar-refractivity contribution >= 4 is 0 Å². The maximum atomic E-state index is 9.87. The Morgan fingerprint density at radius 1 is 0.800 bits per heavy atom. The zero-order valence-corrected chi connectivity index (χ0v) is 18.3. The van der Waals surface area contributed by atoms with Gasteiger partial charge in [-0.05, 0) is 57.4 Å². The van der Waals surface area contributed by atoms with Gasteiger partial charge in [-0.2, -0.15) is 0 Å². The van der Waals surface area contributed by atoms with Crippen molar-refractivity contribution in [3.8, 4) is 0 Å². The lowest BCUT2D eigenvalue weighted by molar-refractivity contribution is 0.172. The van der Waals surface area contributed by atoms with E-state index >= 15 is 0 Å². The van der Waals surface area contributed by atoms with Gasteiger partial charge in [0.2, 0.25) is 0 Å². The van der Waals surface area contributed by atoms with Gasteiger partial charge in [0.15, 0.2) is 0 Å². The van der Waals surface area contributed by atoms with Crippen molar-refractivity contribution in [1.82, 2.24) is 5.32 Å². The van der Waals surface area contributed by atoms with Gasteiger partial charge in [0.1, 0.15) is 6.23 Å². The summed E-state index contributed by atoms with van der Waals surface area (Å²) in [5, 5.41) is 13.0. The molecule has 0 saturated heterocycles. The van der Waals surface area contributed by atoms with Crippen molar-refractivity contribution in [3.05, 3.63) is 11.6 Å². The summed E-state index contributed by atoms with van der Waals surface area (Å²) in [4.78, 5) is 0. The van der Waals surface area contributed by atoms with Gasteiger partial charge in [-0.25, -0.2) is 0 Å². The van der Waals surface area contributed by atoms with E-state index in [9.17, 15) is 5.11 Å². The Bertz CT molecular complexity index is 335. The van der Waals surface area contributed by atoms with E-state index < -0.39 is 6.23 Å². The van der Waals surface area contributed by atoms with E-state index in [-0.39, 0.29) is 0 Å². The number of aliphatic hydroxyl groups excluding tert-OH is 1. The Labute approximate surface area is 158 Å². The fraction of sp³-hybridized carbons (Fsp3) is 0.913. The molecule has 0 aromatic carbocycles. The normalized spacial score (nSPS) is 16.5. The van der Waals surface area contributed by atoms with Crippen molar-refractivity contribution in [2.75, 3.05) is 0 Å². The Morgan fingerprint density at radius 3 is 1.76 bits per heavy atom. The summed E-state index contributed by atoms with van der Waals surface area (Å²) in [6, 6.07) is 0.312. The lowest BCUT2D eigenvalue weighted by Crippen LogP contribution is -2.33. The fourth-order valence-corrected chi connectivity index (χ4v) is 3.45. The molecule has 0 aliphatic heterocycles. The van der Waals surface area contributed by atoms with Crippen molar-refractivity contribution in [1.29, 1.82) is 0 Å². The first-order valence-electron chi connectivity index (χ1n) is 10.8. The monoisotopic (exact) mass is 353 g/mol. The molecule has 150 valence electrons. The predicted octanol–water partition coefficient (Wildman–Crippen LogP) is 6.69. The Balaban J connectivity index is 3.72. The van der Waals surface area contributed by atoms with E-state index in [0.717, 1.165) is 24.2 Å². The molecule has 0 aromatic rings. The smallest absolute Gasteiger partial charge is 0.124 e. The summed E-state index contributed by atoms with van der Waals surface area (Å²) in [6.07, 6.45) is 13.4. The molecule has 25 heavy (non-hydrogen) atoms. The minimum atomic E-state index is -0.505. The zero-order chi connectivity index (χ0) is 19.2. The molecule has 0 aliphatic carbocycles. The molecule has 0 saturated carbocycles. The van der Waals surface area contributed by atoms with Crippen LogP contribution in [0.5, 0.6) is 0 Å². The van der Waals surface area contributed by atoms with E-state index in [4.69, 9.17) is 0 Å². The van der Waals surface area contributed by atoms with Crippen LogP contribution in [0.4, 0.5) is 0 Å². The lowest BCUT2D eigenvalue weighted by Gasteiger charge is -2.15. The first-order chi connectivity index (χ1) is 11.7. The summed E-state index contributed by atoms with van der Waals surface area (Å²) in [5.74, 6) is 2.58. The van der Waals surface area contributed by atoms with Crippen molar-refractivity contribution in [3.63, 3.8) is 0 Å². The fourth-order valence-electron chi connectivity index (χ4n) is 3.45. The van der Waals surface area contributed by atoms with Crippen molar-refractivity contribution < 1.29 is 5.11 Å². The van der Waals surface area contributed by atoms with Gasteiger partial charge in [0, 0.05) is 6.04 Å². The molecule has 3 atom stereocenters. The van der Waals surface area contributed by atoms with Crippen LogP contribution in [0, 0.1) is 17.8 Å². The van der Waals surface area contributed by atoms with Crippen LogP contribution in [0.15, 0.2) is 11.6 Å². The lowest BCUT2D eigenvalue weighted by atomic mass is 9.91. The van der Waals surface area contributed by atoms with Crippen molar-refractivity contribution in [2.45, 2.75) is 119 Å². The second kappa shape index (κ2) is 14.8. The molecule has 2 nitrogen and oxygen atoms in total. The molecular formula is C23H47NO. The van der Waals surface area contributed by atoms with Gasteiger partial charge in [-0.1, -0.05) is 78.2 Å². The predicted molar refractivity (Wildman–Crippen MR) is 113 cm³/mol. The molecule has 0 amide bonds. The number of aliphatic hydroxyl groups is 1. The maximum absolute atomic E-state index is 9.87. The average Bonchev–Trinajstić information content (AvgIpc) is 2.45. The molecule has 0 aliphatic rings. The molecule has 1 unspecified atom stereocenters. The second-order valence-electron chi connectivity index (χ2n) is 9.14. The molecule has 0 bridgehead atoms. The van der Waals surface area contributed by atoms with Crippen LogP contribution >= 0.6 is 0 Å². The number of allylic oxidation sites excluding steroid dienone is 1. The van der Waals surface area contributed by atoms with E-state index in [2.05, 4.69) is 53.8 Å². The number of hydrogen-bond donors (Lipinski definition) is 2. The largest absolute Gasteiger partial charge is 0.375 e. The SMILES string of the molecule is C/C(=C\C(O)NC(C)C)CCC[C@H](C)CCC[C@H](C)CCCC(C)C. The van der Waals surface area contributed by atoms with Gasteiger partial charge < -0.3 is 5.11 Å². The summed E-state index contributed by atoms with van der Waals surface area (Å²) >= 11 is 0. The van der Waals surface area contributed by atoms with Crippen LogP contribution in [0.25, 0.3) is 0 Å². The third-order valence-corrected chi connectivity index (χ3v) is 5.09. The van der Waals surface area contributed by atoms with Crippen LogP contribution in [0.1, 0.15) is 106 Å². The highest BCUT2D eigenvalue weighted by Gasteiger charge is 2.07. The Hall–Kier alpha value is -0.340. The van der Waals surface area contributed by atoms with Crippen LogP contribution in [0.3, 0.4) is 0 Å². The van der Waals surface area contributed by atoms with Crippen LogP contribution < -0.4 is 5.32 Å². The number of rotatable bonds is 15. The quantitative estimate of drug-likeness (QED) is 0.254. The molecule has 0 fully saturated rings. The summed E-state index contributed by atoms with van der Waals surface area (Å²) < 4.78 is 0. The third kappa shape index (κ3) is 16.9. The molecule has 0 rings (SSSR count). The van der Waals surface area contributed by atoms with E-state index in [1.54, 1.807) is 0 Å². The van der Waals surface area contributed by atoms with E-state index in [1.165, 1.54) is 56.9 Å². The molecule has 2 N–H and O–H groups in total. The molecule has 0 radical (unpaired) electrons. The zero-order valence-electron chi connectivity index (χ0n) is 18.3. The average molecular weight is 354 g/mol. The van der Waals surface area contributed by atoms with E-state index in [1.807, 2.05) is 6.08 Å². The van der Waals surface area contributed by atoms with E-state index in [0.29, 0.717) is 6.04 Å². The van der Waals surface area contributed by atoms with Gasteiger partial charge in [-0.15, -0.1) is 0 Å². The van der Waals surface area contributed by atoms with Gasteiger partial charge in [0.05, 0.1) is 0 Å². The van der Waals surface area contributed by atoms with Gasteiger partial charge >= 0.3 is 0 Å².